The largest absolute Gasteiger partial charge is 0.399 e. The summed E-state index contributed by atoms with van der Waals surface area (Å²) in [6.07, 6.45) is 0. The second-order valence-corrected chi connectivity index (χ2v) is 5.39. The van der Waals surface area contributed by atoms with Crippen LogP contribution in [0.15, 0.2) is 34.8 Å². The molecule has 0 aliphatic rings. The van der Waals surface area contributed by atoms with E-state index in [2.05, 4.69) is 21.2 Å². The maximum Gasteiger partial charge on any atom is 0.255 e. The minimum absolute atomic E-state index is 0.141. The van der Waals surface area contributed by atoms with Crippen molar-refractivity contribution < 1.29 is 9.18 Å². The molecule has 3 N–H and O–H groups in total. The number of carbonyl (C=O) groups excluding carboxylic acids is 1. The van der Waals surface area contributed by atoms with Crippen molar-refractivity contribution in [2.45, 2.75) is 6.92 Å². The Hall–Kier alpha value is -2.39. The number of halogens is 2. The number of nitrogen functional groups attached to an aromatic ring is 1. The van der Waals surface area contributed by atoms with Gasteiger partial charge in [-0.2, -0.15) is 5.26 Å². The Labute approximate surface area is 129 Å². The number of nitriles is 1. The minimum atomic E-state index is -0.543. The summed E-state index contributed by atoms with van der Waals surface area (Å²) in [4.78, 5) is 12.2. The zero-order valence-corrected chi connectivity index (χ0v) is 12.7. The Morgan fingerprint density at radius 2 is 2.05 bits per heavy atom. The van der Waals surface area contributed by atoms with Crippen LogP contribution in [-0.2, 0) is 0 Å². The molecule has 1 amide bonds. The quantitative estimate of drug-likeness (QED) is 0.814. The lowest BCUT2D eigenvalue weighted by atomic mass is 10.1. The highest BCUT2D eigenvalue weighted by Crippen LogP contribution is 2.23. The molecule has 0 aliphatic carbocycles. The fraction of sp³-hybridized carbons (Fsp3) is 0.0667. The van der Waals surface area contributed by atoms with Crippen molar-refractivity contribution in [3.8, 4) is 6.07 Å². The van der Waals surface area contributed by atoms with Crippen molar-refractivity contribution in [3.05, 3.63) is 57.3 Å². The first kappa shape index (κ1) is 15.0. The van der Waals surface area contributed by atoms with E-state index in [4.69, 9.17) is 11.0 Å². The third-order valence-corrected chi connectivity index (χ3v) is 3.36. The van der Waals surface area contributed by atoms with E-state index < -0.39 is 11.7 Å². The van der Waals surface area contributed by atoms with Crippen LogP contribution in [0, 0.1) is 24.1 Å². The summed E-state index contributed by atoms with van der Waals surface area (Å²) in [6.45, 7) is 1.53. The van der Waals surface area contributed by atoms with Crippen molar-refractivity contribution in [1.29, 1.82) is 5.26 Å². The highest BCUT2D eigenvalue weighted by atomic mass is 79.9. The third-order valence-electron chi connectivity index (χ3n) is 2.90. The molecule has 2 aromatic rings. The first-order chi connectivity index (χ1) is 9.90. The number of nitrogens with two attached hydrogens (primary N) is 1. The van der Waals surface area contributed by atoms with Crippen LogP contribution < -0.4 is 11.1 Å². The monoisotopic (exact) mass is 347 g/mol. The number of nitrogens with zero attached hydrogens (tertiary/aromatic N) is 1. The molecule has 21 heavy (non-hydrogen) atoms. The van der Waals surface area contributed by atoms with Crippen LogP contribution in [0.2, 0.25) is 0 Å². The van der Waals surface area contributed by atoms with Crippen LogP contribution in [0.25, 0.3) is 0 Å². The minimum Gasteiger partial charge on any atom is -0.399 e. The van der Waals surface area contributed by atoms with Crippen LogP contribution in [0.1, 0.15) is 21.5 Å². The Kier molecular flexibility index (Phi) is 4.24. The van der Waals surface area contributed by atoms with Crippen LogP contribution in [0.4, 0.5) is 15.8 Å². The number of rotatable bonds is 2. The van der Waals surface area contributed by atoms with E-state index >= 15 is 0 Å². The second kappa shape index (κ2) is 5.94. The van der Waals surface area contributed by atoms with Crippen LogP contribution >= 0.6 is 15.9 Å². The molecule has 0 heterocycles. The molecule has 2 aromatic carbocycles. The lowest BCUT2D eigenvalue weighted by Crippen LogP contribution is -2.14. The Morgan fingerprint density at radius 1 is 1.33 bits per heavy atom. The van der Waals surface area contributed by atoms with Gasteiger partial charge < -0.3 is 11.1 Å². The highest BCUT2D eigenvalue weighted by molar-refractivity contribution is 9.10. The molecule has 0 bridgehead atoms. The van der Waals surface area contributed by atoms with E-state index in [9.17, 15) is 9.18 Å². The predicted octanol–water partition coefficient (Wildman–Crippen LogP) is 3.60. The van der Waals surface area contributed by atoms with Crippen LogP contribution in [0.5, 0.6) is 0 Å². The summed E-state index contributed by atoms with van der Waals surface area (Å²) < 4.78 is 14.3. The number of amides is 1. The van der Waals surface area contributed by atoms with Gasteiger partial charge in [-0.15, -0.1) is 0 Å². The summed E-state index contributed by atoms with van der Waals surface area (Å²) in [6, 6.07) is 9.18. The number of hydrogen-bond acceptors (Lipinski definition) is 3. The average Bonchev–Trinajstić information content (AvgIpc) is 2.42. The van der Waals surface area contributed by atoms with Gasteiger partial charge in [0.2, 0.25) is 0 Å². The van der Waals surface area contributed by atoms with Crippen LogP contribution in [-0.4, -0.2) is 5.91 Å². The van der Waals surface area contributed by atoms with Crippen LogP contribution in [0.3, 0.4) is 0 Å². The molecule has 4 nitrogen and oxygen atoms in total. The van der Waals surface area contributed by atoms with Crippen molar-refractivity contribution >= 4 is 33.2 Å². The summed E-state index contributed by atoms with van der Waals surface area (Å²) in [5.41, 5.74) is 7.12. The van der Waals surface area contributed by atoms with Gasteiger partial charge in [-0.25, -0.2) is 4.39 Å². The second-order valence-electron chi connectivity index (χ2n) is 4.47. The number of benzene rings is 2. The third kappa shape index (κ3) is 3.38. The summed E-state index contributed by atoms with van der Waals surface area (Å²) in [5.74, 6) is -0.973. The van der Waals surface area contributed by atoms with Crippen molar-refractivity contribution in [1.82, 2.24) is 0 Å². The summed E-state index contributed by atoms with van der Waals surface area (Å²) in [7, 11) is 0. The standard InChI is InChI=1S/C15H11BrFN3O/c1-8-13(17)2-9(7-18)3-14(8)20-15(21)10-4-11(16)6-12(19)5-10/h2-6H,19H2,1H3,(H,20,21). The van der Waals surface area contributed by atoms with Gasteiger partial charge in [0.25, 0.3) is 5.91 Å². The van der Waals surface area contributed by atoms with Gasteiger partial charge in [-0.1, -0.05) is 15.9 Å². The molecular formula is C15H11BrFN3O. The molecule has 0 saturated carbocycles. The normalized spacial score (nSPS) is 10.0. The van der Waals surface area contributed by atoms with Gasteiger partial charge in [0.05, 0.1) is 11.6 Å². The van der Waals surface area contributed by atoms with E-state index in [0.717, 1.165) is 6.07 Å². The molecule has 106 valence electrons. The molecule has 0 aromatic heterocycles. The molecule has 0 atom stereocenters. The van der Waals surface area contributed by atoms with Gasteiger partial charge in [-0.3, -0.25) is 4.79 Å². The molecular weight excluding hydrogens is 337 g/mol. The van der Waals surface area contributed by atoms with E-state index in [1.165, 1.54) is 19.1 Å². The topological polar surface area (TPSA) is 78.9 Å². The average molecular weight is 348 g/mol. The van der Waals surface area contributed by atoms with E-state index in [1.807, 2.05) is 6.07 Å². The van der Waals surface area contributed by atoms with Crippen molar-refractivity contribution in [2.75, 3.05) is 11.1 Å². The number of hydrogen-bond donors (Lipinski definition) is 2. The Morgan fingerprint density at radius 3 is 2.67 bits per heavy atom. The smallest absolute Gasteiger partial charge is 0.255 e. The fourth-order valence-electron chi connectivity index (χ4n) is 1.81. The van der Waals surface area contributed by atoms with E-state index in [1.54, 1.807) is 12.1 Å². The maximum atomic E-state index is 13.7. The molecule has 0 spiro atoms. The van der Waals surface area contributed by atoms with Gasteiger partial charge in [-0.05, 0) is 37.3 Å². The number of carbonyl (C=O) groups is 1. The molecule has 0 fully saturated rings. The predicted molar refractivity (Wildman–Crippen MR) is 82.4 cm³/mol. The number of anilines is 2. The fourth-order valence-corrected chi connectivity index (χ4v) is 2.32. The summed E-state index contributed by atoms with van der Waals surface area (Å²) >= 11 is 3.25. The molecule has 0 unspecified atom stereocenters. The van der Waals surface area contributed by atoms with E-state index in [-0.39, 0.29) is 16.8 Å². The lowest BCUT2D eigenvalue weighted by Gasteiger charge is -2.10. The van der Waals surface area contributed by atoms with E-state index in [0.29, 0.717) is 15.7 Å². The zero-order valence-electron chi connectivity index (χ0n) is 11.1. The van der Waals surface area contributed by atoms with Crippen molar-refractivity contribution in [3.63, 3.8) is 0 Å². The molecule has 0 radical (unpaired) electrons. The maximum absolute atomic E-state index is 13.7. The molecule has 6 heteroatoms. The Bertz CT molecular complexity index is 748. The first-order valence-corrected chi connectivity index (χ1v) is 6.77. The number of nitrogens with one attached hydrogen (secondary N) is 1. The molecule has 2 rings (SSSR count). The van der Waals surface area contributed by atoms with Gasteiger partial charge in [0.15, 0.2) is 0 Å². The van der Waals surface area contributed by atoms with Gasteiger partial charge >= 0.3 is 0 Å². The van der Waals surface area contributed by atoms with Gasteiger partial charge in [0.1, 0.15) is 5.82 Å². The lowest BCUT2D eigenvalue weighted by molar-refractivity contribution is 0.102. The molecule has 0 saturated heterocycles. The summed E-state index contributed by atoms with van der Waals surface area (Å²) in [5, 5.41) is 11.4. The first-order valence-electron chi connectivity index (χ1n) is 5.98. The SMILES string of the molecule is Cc1c(F)cc(C#N)cc1NC(=O)c1cc(N)cc(Br)c1. The Balaban J connectivity index is 2.36. The molecule has 0 aliphatic heterocycles. The highest BCUT2D eigenvalue weighted by Gasteiger charge is 2.12. The van der Waals surface area contributed by atoms with Crippen molar-refractivity contribution in [2.24, 2.45) is 0 Å². The zero-order chi connectivity index (χ0) is 15.6. The van der Waals surface area contributed by atoms with Gasteiger partial charge in [0, 0.05) is 27.0 Å².